The van der Waals surface area contributed by atoms with Crippen molar-refractivity contribution >= 4 is 23.0 Å². The van der Waals surface area contributed by atoms with Crippen molar-refractivity contribution in [2.75, 3.05) is 12.0 Å². The number of ether oxygens (including phenoxy) is 1. The number of hydrogen-bond acceptors (Lipinski definition) is 3. The molecule has 4 aromatic rings. The predicted molar refractivity (Wildman–Crippen MR) is 146 cm³/mol. The van der Waals surface area contributed by atoms with Crippen LogP contribution in [0.15, 0.2) is 72.9 Å². The van der Waals surface area contributed by atoms with Crippen LogP contribution in [0.25, 0.3) is 5.69 Å². The first-order valence-electron chi connectivity index (χ1n) is 11.8. The molecule has 6 heteroatoms. The van der Waals surface area contributed by atoms with Gasteiger partial charge in [-0.05, 0) is 99.1 Å². The monoisotopic (exact) mass is 482 g/mol. The highest BCUT2D eigenvalue weighted by molar-refractivity contribution is 7.80. The summed E-state index contributed by atoms with van der Waals surface area (Å²) in [6.07, 6.45) is 1.84. The molecule has 3 heterocycles. The lowest BCUT2D eigenvalue weighted by atomic mass is 9.96. The number of nitrogens with one attached hydrogen (secondary N) is 1. The number of aromatic nitrogens is 2. The third-order valence-electron chi connectivity index (χ3n) is 6.68. The molecule has 0 bridgehead atoms. The lowest BCUT2D eigenvalue weighted by Crippen LogP contribution is -2.29. The van der Waals surface area contributed by atoms with Crippen molar-refractivity contribution in [1.29, 1.82) is 0 Å². The molecule has 1 aliphatic rings. The molecule has 0 saturated carbocycles. The summed E-state index contributed by atoms with van der Waals surface area (Å²) in [5, 5.41) is 4.30. The molecule has 178 valence electrons. The van der Waals surface area contributed by atoms with Gasteiger partial charge >= 0.3 is 0 Å². The van der Waals surface area contributed by atoms with Crippen LogP contribution in [0.3, 0.4) is 0 Å². The van der Waals surface area contributed by atoms with Crippen LogP contribution < -0.4 is 15.0 Å². The zero-order valence-corrected chi connectivity index (χ0v) is 21.6. The molecule has 35 heavy (non-hydrogen) atoms. The summed E-state index contributed by atoms with van der Waals surface area (Å²) in [5.41, 5.74) is 9.10. The van der Waals surface area contributed by atoms with Gasteiger partial charge in [0.15, 0.2) is 5.11 Å². The van der Waals surface area contributed by atoms with Gasteiger partial charge in [0.25, 0.3) is 0 Å². The Hall–Kier alpha value is -3.64. The van der Waals surface area contributed by atoms with Crippen LogP contribution in [-0.2, 0) is 0 Å². The van der Waals surface area contributed by atoms with Crippen molar-refractivity contribution in [3.63, 3.8) is 0 Å². The smallest absolute Gasteiger partial charge is 0.174 e. The van der Waals surface area contributed by atoms with Gasteiger partial charge < -0.3 is 19.5 Å². The second-order valence-electron chi connectivity index (χ2n) is 9.21. The molecule has 1 N–H and O–H groups in total. The van der Waals surface area contributed by atoms with E-state index in [1.807, 2.05) is 30.5 Å². The number of methoxy groups -OCH3 is 1. The minimum Gasteiger partial charge on any atom is -0.497 e. The number of thiocarbonyl (C=S) groups is 1. The third kappa shape index (κ3) is 4.19. The molecule has 0 spiro atoms. The normalized spacial score (nSPS) is 17.5. The first-order chi connectivity index (χ1) is 16.9. The summed E-state index contributed by atoms with van der Waals surface area (Å²) in [6.45, 7) is 8.58. The third-order valence-corrected chi connectivity index (χ3v) is 7.00. The molecule has 1 fully saturated rings. The van der Waals surface area contributed by atoms with Crippen molar-refractivity contribution < 1.29 is 4.74 Å². The Morgan fingerprint density at radius 1 is 0.886 bits per heavy atom. The number of rotatable bonds is 5. The summed E-state index contributed by atoms with van der Waals surface area (Å²) in [7, 11) is 1.70. The number of aryl methyl sites for hydroxylation is 3. The van der Waals surface area contributed by atoms with Crippen LogP contribution in [0.5, 0.6) is 5.75 Å². The lowest BCUT2D eigenvalue weighted by molar-refractivity contribution is 0.414. The number of nitrogens with zero attached hydrogens (tertiary/aromatic N) is 3. The Bertz CT molecular complexity index is 1380. The molecule has 1 aliphatic heterocycles. The van der Waals surface area contributed by atoms with Crippen molar-refractivity contribution in [2.24, 2.45) is 0 Å². The van der Waals surface area contributed by atoms with E-state index in [0.29, 0.717) is 5.11 Å². The predicted octanol–water partition coefficient (Wildman–Crippen LogP) is 6.29. The van der Waals surface area contributed by atoms with E-state index in [0.717, 1.165) is 28.5 Å². The molecule has 2 aromatic heterocycles. The van der Waals surface area contributed by atoms with Gasteiger partial charge in [0.2, 0.25) is 0 Å². The van der Waals surface area contributed by atoms with E-state index < -0.39 is 0 Å². The van der Waals surface area contributed by atoms with Gasteiger partial charge in [-0.1, -0.05) is 18.2 Å². The number of anilines is 1. The second-order valence-corrected chi connectivity index (χ2v) is 9.59. The highest BCUT2D eigenvalue weighted by atomic mass is 32.1. The van der Waals surface area contributed by atoms with Crippen LogP contribution in [-0.4, -0.2) is 21.8 Å². The van der Waals surface area contributed by atoms with E-state index >= 15 is 0 Å². The zero-order valence-electron chi connectivity index (χ0n) is 20.7. The first-order valence-corrected chi connectivity index (χ1v) is 12.2. The number of benzene rings is 2. The highest BCUT2D eigenvalue weighted by Gasteiger charge is 2.42. The van der Waals surface area contributed by atoms with Crippen molar-refractivity contribution in [1.82, 2.24) is 14.9 Å². The lowest BCUT2D eigenvalue weighted by Gasteiger charge is -2.29. The minimum absolute atomic E-state index is 0.0517. The number of pyridine rings is 1. The van der Waals surface area contributed by atoms with Gasteiger partial charge in [-0.3, -0.25) is 4.98 Å². The van der Waals surface area contributed by atoms with Crippen LogP contribution in [0, 0.1) is 27.7 Å². The quantitative estimate of drug-likeness (QED) is 0.339. The molecule has 5 rings (SSSR count). The Morgan fingerprint density at radius 2 is 1.66 bits per heavy atom. The van der Waals surface area contributed by atoms with Crippen molar-refractivity contribution in [3.05, 3.63) is 107 Å². The Balaban J connectivity index is 1.69. The van der Waals surface area contributed by atoms with E-state index in [1.165, 1.54) is 22.4 Å². The molecule has 0 aliphatic carbocycles. The van der Waals surface area contributed by atoms with Crippen LogP contribution in [0.2, 0.25) is 0 Å². The SMILES string of the molecule is COc1cccc(-n2c(C)cc([C@@H]3[C@H](c4ccccn4)NC(=S)N3c3cc(C)cc(C)c3)c2C)c1. The van der Waals surface area contributed by atoms with Crippen LogP contribution >= 0.6 is 12.2 Å². The fourth-order valence-electron chi connectivity index (χ4n) is 5.27. The molecule has 0 amide bonds. The standard InChI is InChI=1S/C29H30N4OS/c1-18-13-19(2)15-23(14-18)33-28(27(31-29(33)35)26-11-6-7-12-30-26)25-16-20(3)32(21(25)4)22-9-8-10-24(17-22)34-5/h6-17,27-28H,1-5H3,(H,31,35)/t27-,28+/m0/s1. The minimum atomic E-state index is -0.0798. The first kappa shape index (κ1) is 23.1. The summed E-state index contributed by atoms with van der Waals surface area (Å²) in [6, 6.07) is 23.0. The largest absolute Gasteiger partial charge is 0.497 e. The van der Waals surface area contributed by atoms with Gasteiger partial charge in [-0.25, -0.2) is 0 Å². The summed E-state index contributed by atoms with van der Waals surface area (Å²) in [4.78, 5) is 6.96. The van der Waals surface area contributed by atoms with E-state index in [9.17, 15) is 0 Å². The molecular formula is C29H30N4OS. The van der Waals surface area contributed by atoms with E-state index in [-0.39, 0.29) is 12.1 Å². The Morgan fingerprint density at radius 3 is 2.34 bits per heavy atom. The van der Waals surface area contributed by atoms with E-state index in [2.05, 4.69) is 84.9 Å². The molecular weight excluding hydrogens is 452 g/mol. The van der Waals surface area contributed by atoms with Gasteiger partial charge in [0.1, 0.15) is 5.75 Å². The maximum Gasteiger partial charge on any atom is 0.174 e. The van der Waals surface area contributed by atoms with Gasteiger partial charge in [0, 0.05) is 35.0 Å². The van der Waals surface area contributed by atoms with Crippen LogP contribution in [0.1, 0.15) is 45.9 Å². The van der Waals surface area contributed by atoms with Crippen LogP contribution in [0.4, 0.5) is 5.69 Å². The zero-order chi connectivity index (χ0) is 24.7. The van der Waals surface area contributed by atoms with E-state index in [1.54, 1.807) is 7.11 Å². The highest BCUT2D eigenvalue weighted by Crippen LogP contribution is 2.44. The maximum atomic E-state index is 5.94. The summed E-state index contributed by atoms with van der Waals surface area (Å²) >= 11 is 5.94. The fourth-order valence-corrected chi connectivity index (χ4v) is 5.62. The molecule has 0 radical (unpaired) electrons. The maximum absolute atomic E-state index is 5.94. The van der Waals surface area contributed by atoms with Gasteiger partial charge in [0.05, 0.1) is 24.9 Å². The molecule has 0 unspecified atom stereocenters. The molecule has 5 nitrogen and oxygen atoms in total. The van der Waals surface area contributed by atoms with Gasteiger partial charge in [-0.15, -0.1) is 0 Å². The fraction of sp³-hybridized carbons (Fsp3) is 0.241. The molecule has 2 aromatic carbocycles. The second kappa shape index (κ2) is 9.19. The summed E-state index contributed by atoms with van der Waals surface area (Å²) < 4.78 is 7.78. The Kier molecular flexibility index (Phi) is 6.07. The van der Waals surface area contributed by atoms with Crippen molar-refractivity contribution in [3.8, 4) is 11.4 Å². The van der Waals surface area contributed by atoms with Gasteiger partial charge in [-0.2, -0.15) is 0 Å². The molecule has 1 saturated heterocycles. The average Bonchev–Trinajstić information content (AvgIpc) is 3.34. The molecule has 2 atom stereocenters. The number of hydrogen-bond donors (Lipinski definition) is 1. The van der Waals surface area contributed by atoms with E-state index in [4.69, 9.17) is 21.9 Å². The average molecular weight is 483 g/mol. The van der Waals surface area contributed by atoms with Crippen molar-refractivity contribution in [2.45, 2.75) is 39.8 Å². The topological polar surface area (TPSA) is 42.3 Å². The Labute approximate surface area is 212 Å². The summed E-state index contributed by atoms with van der Waals surface area (Å²) in [5.74, 6) is 0.837.